The van der Waals surface area contributed by atoms with Gasteiger partial charge in [0.15, 0.2) is 17.4 Å². The maximum absolute atomic E-state index is 13.4. The number of furan rings is 1. The molecule has 2 heterocycles. The first kappa shape index (κ1) is 17.9. The van der Waals surface area contributed by atoms with Gasteiger partial charge in [-0.2, -0.15) is 0 Å². The average Bonchev–Trinajstić information content (AvgIpc) is 3.28. The van der Waals surface area contributed by atoms with Crippen LogP contribution in [0.5, 0.6) is 0 Å². The van der Waals surface area contributed by atoms with Crippen molar-refractivity contribution in [3.63, 3.8) is 0 Å². The van der Waals surface area contributed by atoms with Crippen LogP contribution in [0.3, 0.4) is 0 Å². The molecule has 0 bridgehead atoms. The second kappa shape index (κ2) is 6.92. The number of hydrogen-bond acceptors (Lipinski definition) is 4. The van der Waals surface area contributed by atoms with E-state index in [4.69, 9.17) is 8.94 Å². The molecule has 0 saturated heterocycles. The number of carbonyl (C=O) groups is 1. The van der Waals surface area contributed by atoms with E-state index >= 15 is 0 Å². The van der Waals surface area contributed by atoms with Crippen LogP contribution >= 0.6 is 0 Å². The zero-order valence-electron chi connectivity index (χ0n) is 15.2. The number of rotatable bonds is 4. The molecule has 2 aromatic carbocycles. The Morgan fingerprint density at radius 3 is 2.68 bits per heavy atom. The molecule has 7 heteroatoms. The van der Waals surface area contributed by atoms with E-state index in [2.05, 4.69) is 17.4 Å². The number of hydrogen-bond donors (Lipinski definition) is 1. The highest BCUT2D eigenvalue weighted by atomic mass is 19.2. The van der Waals surface area contributed by atoms with Crippen molar-refractivity contribution >= 4 is 22.8 Å². The molecule has 5 nitrogen and oxygen atoms in total. The van der Waals surface area contributed by atoms with E-state index < -0.39 is 17.5 Å². The van der Waals surface area contributed by atoms with Crippen molar-refractivity contribution < 1.29 is 22.5 Å². The molecule has 4 aromatic rings. The van der Waals surface area contributed by atoms with Crippen molar-refractivity contribution in [3.8, 4) is 11.3 Å². The van der Waals surface area contributed by atoms with Crippen LogP contribution in [0.25, 0.3) is 22.2 Å². The Labute approximate surface area is 158 Å². The zero-order chi connectivity index (χ0) is 19.8. The van der Waals surface area contributed by atoms with Crippen molar-refractivity contribution in [2.45, 2.75) is 20.3 Å². The van der Waals surface area contributed by atoms with Gasteiger partial charge in [0.2, 0.25) is 5.88 Å². The second-order valence-corrected chi connectivity index (χ2v) is 6.40. The number of aromatic nitrogens is 1. The standard InChI is InChI=1S/C21H16F2N2O3/c1-3-12-4-7-18-14(8-12)11(2)20(27-18)21(26)24-19-10-17(25-28-19)13-5-6-15(22)16(23)9-13/h4-10H,3H2,1-2H3,(H,24,26). The van der Waals surface area contributed by atoms with E-state index in [1.54, 1.807) is 0 Å². The summed E-state index contributed by atoms with van der Waals surface area (Å²) in [6, 6.07) is 10.6. The molecule has 0 spiro atoms. The summed E-state index contributed by atoms with van der Waals surface area (Å²) in [5.41, 5.74) is 3.09. The fraction of sp³-hybridized carbons (Fsp3) is 0.143. The number of benzene rings is 2. The largest absolute Gasteiger partial charge is 0.451 e. The molecule has 1 N–H and O–H groups in total. The van der Waals surface area contributed by atoms with Crippen LogP contribution in [0.15, 0.2) is 51.4 Å². The topological polar surface area (TPSA) is 68.3 Å². The minimum Gasteiger partial charge on any atom is -0.451 e. The van der Waals surface area contributed by atoms with E-state index in [0.29, 0.717) is 11.1 Å². The molecule has 142 valence electrons. The summed E-state index contributed by atoms with van der Waals surface area (Å²) in [5.74, 6) is -2.18. The Morgan fingerprint density at radius 2 is 1.93 bits per heavy atom. The highest BCUT2D eigenvalue weighted by molar-refractivity contribution is 6.06. The smallest absolute Gasteiger partial charge is 0.294 e. The molecule has 0 radical (unpaired) electrons. The maximum atomic E-state index is 13.4. The predicted octanol–water partition coefficient (Wildman–Crippen LogP) is 5.49. The summed E-state index contributed by atoms with van der Waals surface area (Å²) < 4.78 is 37.2. The zero-order valence-corrected chi connectivity index (χ0v) is 15.2. The summed E-state index contributed by atoms with van der Waals surface area (Å²) in [6.07, 6.45) is 0.882. The molecular weight excluding hydrogens is 366 g/mol. The van der Waals surface area contributed by atoms with E-state index in [1.807, 2.05) is 25.1 Å². The van der Waals surface area contributed by atoms with Crippen LogP contribution in [0.1, 0.15) is 28.6 Å². The number of carbonyl (C=O) groups excluding carboxylic acids is 1. The number of anilines is 1. The van der Waals surface area contributed by atoms with Crippen molar-refractivity contribution in [2.24, 2.45) is 0 Å². The minimum atomic E-state index is -0.990. The first-order valence-corrected chi connectivity index (χ1v) is 8.71. The Kier molecular flexibility index (Phi) is 4.43. The Hall–Kier alpha value is -3.48. The SMILES string of the molecule is CCc1ccc2oc(C(=O)Nc3cc(-c4ccc(F)c(F)c4)no3)c(C)c2c1. The molecule has 0 unspecified atom stereocenters. The van der Waals surface area contributed by atoms with Gasteiger partial charge in [-0.15, -0.1) is 0 Å². The van der Waals surface area contributed by atoms with Crippen LogP contribution in [-0.4, -0.2) is 11.1 Å². The lowest BCUT2D eigenvalue weighted by molar-refractivity contribution is 0.0994. The molecule has 2 aromatic heterocycles. The van der Waals surface area contributed by atoms with E-state index in [0.717, 1.165) is 35.1 Å². The number of fused-ring (bicyclic) bond motifs is 1. The molecule has 1 amide bonds. The van der Waals surface area contributed by atoms with Gasteiger partial charge in [-0.25, -0.2) is 8.78 Å². The van der Waals surface area contributed by atoms with E-state index in [9.17, 15) is 13.6 Å². The van der Waals surface area contributed by atoms with Crippen LogP contribution in [0.2, 0.25) is 0 Å². The average molecular weight is 382 g/mol. The third-order valence-corrected chi connectivity index (χ3v) is 4.58. The fourth-order valence-electron chi connectivity index (χ4n) is 3.00. The summed E-state index contributed by atoms with van der Waals surface area (Å²) in [6.45, 7) is 3.87. The Morgan fingerprint density at radius 1 is 1.11 bits per heavy atom. The summed E-state index contributed by atoms with van der Waals surface area (Å²) >= 11 is 0. The van der Waals surface area contributed by atoms with Gasteiger partial charge in [-0.05, 0) is 49.2 Å². The first-order chi connectivity index (χ1) is 13.5. The number of amides is 1. The monoisotopic (exact) mass is 382 g/mol. The summed E-state index contributed by atoms with van der Waals surface area (Å²) in [5, 5.41) is 7.24. The third kappa shape index (κ3) is 3.15. The Balaban J connectivity index is 1.59. The lowest BCUT2D eigenvalue weighted by atomic mass is 10.1. The minimum absolute atomic E-state index is 0.0684. The van der Waals surface area contributed by atoms with Gasteiger partial charge >= 0.3 is 0 Å². The normalized spacial score (nSPS) is 11.1. The fourth-order valence-corrected chi connectivity index (χ4v) is 3.00. The number of nitrogens with one attached hydrogen (secondary N) is 1. The van der Waals surface area contributed by atoms with Crippen molar-refractivity contribution in [2.75, 3.05) is 5.32 Å². The highest BCUT2D eigenvalue weighted by Crippen LogP contribution is 2.28. The number of aryl methyl sites for hydroxylation is 2. The van der Waals surface area contributed by atoms with E-state index in [-0.39, 0.29) is 17.3 Å². The second-order valence-electron chi connectivity index (χ2n) is 6.40. The molecule has 28 heavy (non-hydrogen) atoms. The van der Waals surface area contributed by atoms with Crippen LogP contribution in [0.4, 0.5) is 14.7 Å². The van der Waals surface area contributed by atoms with Crippen molar-refractivity contribution in [3.05, 3.63) is 71.0 Å². The van der Waals surface area contributed by atoms with Crippen LogP contribution in [0, 0.1) is 18.6 Å². The number of halogens is 2. The van der Waals surface area contributed by atoms with Gasteiger partial charge in [0.05, 0.1) is 0 Å². The lowest BCUT2D eigenvalue weighted by Gasteiger charge is -1.98. The summed E-state index contributed by atoms with van der Waals surface area (Å²) in [4.78, 5) is 12.6. The van der Waals surface area contributed by atoms with Crippen molar-refractivity contribution in [1.82, 2.24) is 5.16 Å². The molecule has 0 aliphatic rings. The quantitative estimate of drug-likeness (QED) is 0.507. The van der Waals surface area contributed by atoms with Gasteiger partial charge in [-0.3, -0.25) is 10.1 Å². The van der Waals surface area contributed by atoms with Gasteiger partial charge in [-0.1, -0.05) is 18.1 Å². The molecule has 0 fully saturated rings. The highest BCUT2D eigenvalue weighted by Gasteiger charge is 2.20. The van der Waals surface area contributed by atoms with Crippen molar-refractivity contribution in [1.29, 1.82) is 0 Å². The van der Waals surface area contributed by atoms with Crippen LogP contribution in [-0.2, 0) is 6.42 Å². The lowest BCUT2D eigenvalue weighted by Crippen LogP contribution is -2.11. The van der Waals surface area contributed by atoms with E-state index in [1.165, 1.54) is 12.1 Å². The molecule has 0 atom stereocenters. The van der Waals surface area contributed by atoms with Gasteiger partial charge in [0.25, 0.3) is 5.91 Å². The van der Waals surface area contributed by atoms with Gasteiger partial charge in [0, 0.05) is 22.6 Å². The first-order valence-electron chi connectivity index (χ1n) is 8.71. The van der Waals surface area contributed by atoms with Gasteiger partial charge < -0.3 is 8.94 Å². The third-order valence-electron chi connectivity index (χ3n) is 4.58. The predicted molar refractivity (Wildman–Crippen MR) is 100 cm³/mol. The number of nitrogens with zero attached hydrogens (tertiary/aromatic N) is 1. The summed E-state index contributed by atoms with van der Waals surface area (Å²) in [7, 11) is 0. The molecular formula is C21H16F2N2O3. The Bertz CT molecular complexity index is 1190. The van der Waals surface area contributed by atoms with Crippen LogP contribution < -0.4 is 5.32 Å². The molecule has 4 rings (SSSR count). The maximum Gasteiger partial charge on any atom is 0.294 e. The molecule has 0 aliphatic heterocycles. The van der Waals surface area contributed by atoms with Gasteiger partial charge in [0.1, 0.15) is 11.3 Å². The molecule has 0 aliphatic carbocycles. The molecule has 0 saturated carbocycles.